The van der Waals surface area contributed by atoms with Crippen molar-refractivity contribution in [2.75, 3.05) is 5.32 Å². The summed E-state index contributed by atoms with van der Waals surface area (Å²) in [6, 6.07) is 7.43. The van der Waals surface area contributed by atoms with Crippen LogP contribution in [0.4, 0.5) is 5.69 Å². The van der Waals surface area contributed by atoms with Gasteiger partial charge in [-0.05, 0) is 25.5 Å². The number of rotatable bonds is 2. The number of para-hydroxylation sites is 1. The van der Waals surface area contributed by atoms with E-state index < -0.39 is 0 Å². The third-order valence-electron chi connectivity index (χ3n) is 3.57. The Balaban J connectivity index is 2.12. The molecule has 0 fully saturated rings. The molecule has 0 aliphatic rings. The summed E-state index contributed by atoms with van der Waals surface area (Å²) in [5.74, 6) is -0.00691. The molecule has 3 aromatic rings. The predicted molar refractivity (Wildman–Crippen MR) is 83.1 cm³/mol. The highest BCUT2D eigenvalue weighted by Gasteiger charge is 2.22. The number of furan rings is 1. The largest absolute Gasteiger partial charge is 0.442 e. The summed E-state index contributed by atoms with van der Waals surface area (Å²) < 4.78 is 6.76. The van der Waals surface area contributed by atoms with Crippen molar-refractivity contribution in [1.82, 2.24) is 9.55 Å². The van der Waals surface area contributed by atoms with Crippen molar-refractivity contribution >= 4 is 22.7 Å². The molecule has 3 rings (SSSR count). The Bertz CT molecular complexity index is 937. The average Bonchev–Trinajstić information content (AvgIpc) is 2.82. The Morgan fingerprint density at radius 3 is 2.73 bits per heavy atom. The predicted octanol–water partition coefficient (Wildman–Crippen LogP) is 2.40. The molecule has 0 saturated heterocycles. The standard InChI is InChI=1S/C16H15N3O3/c1-9-6-4-5-7-11(9)18-14(20)12-10(2)22-15-13(12)16(21)19(3)8-17-15/h4-8H,1-3H3,(H,18,20). The zero-order valence-electron chi connectivity index (χ0n) is 12.5. The Morgan fingerprint density at radius 1 is 1.27 bits per heavy atom. The van der Waals surface area contributed by atoms with E-state index in [4.69, 9.17) is 4.42 Å². The molecule has 2 heterocycles. The van der Waals surface area contributed by atoms with Gasteiger partial charge < -0.3 is 14.3 Å². The molecule has 22 heavy (non-hydrogen) atoms. The normalized spacial score (nSPS) is 10.9. The summed E-state index contributed by atoms with van der Waals surface area (Å²) in [6.07, 6.45) is 1.37. The van der Waals surface area contributed by atoms with Gasteiger partial charge >= 0.3 is 0 Å². The van der Waals surface area contributed by atoms with Gasteiger partial charge in [-0.2, -0.15) is 0 Å². The van der Waals surface area contributed by atoms with Crippen molar-refractivity contribution in [3.63, 3.8) is 0 Å². The van der Waals surface area contributed by atoms with Crippen LogP contribution in [0, 0.1) is 13.8 Å². The van der Waals surface area contributed by atoms with Crippen LogP contribution in [-0.2, 0) is 7.05 Å². The summed E-state index contributed by atoms with van der Waals surface area (Å²) in [6.45, 7) is 3.55. The topological polar surface area (TPSA) is 77.1 Å². The van der Waals surface area contributed by atoms with Gasteiger partial charge in [0.25, 0.3) is 11.5 Å². The van der Waals surface area contributed by atoms with Crippen molar-refractivity contribution in [2.45, 2.75) is 13.8 Å². The van der Waals surface area contributed by atoms with Crippen LogP contribution in [-0.4, -0.2) is 15.5 Å². The maximum atomic E-state index is 12.6. The van der Waals surface area contributed by atoms with Crippen LogP contribution in [0.2, 0.25) is 0 Å². The average molecular weight is 297 g/mol. The van der Waals surface area contributed by atoms with Crippen molar-refractivity contribution in [3.05, 3.63) is 57.8 Å². The van der Waals surface area contributed by atoms with Gasteiger partial charge in [0, 0.05) is 12.7 Å². The highest BCUT2D eigenvalue weighted by molar-refractivity contribution is 6.12. The lowest BCUT2D eigenvalue weighted by Gasteiger charge is -2.07. The monoisotopic (exact) mass is 297 g/mol. The van der Waals surface area contributed by atoms with Gasteiger partial charge in [-0.1, -0.05) is 18.2 Å². The van der Waals surface area contributed by atoms with Crippen LogP contribution < -0.4 is 10.9 Å². The zero-order chi connectivity index (χ0) is 15.9. The fraction of sp³-hybridized carbons (Fsp3) is 0.188. The molecule has 1 N–H and O–H groups in total. The van der Waals surface area contributed by atoms with Gasteiger partial charge in [-0.15, -0.1) is 0 Å². The maximum Gasteiger partial charge on any atom is 0.265 e. The van der Waals surface area contributed by atoms with E-state index in [0.717, 1.165) is 5.56 Å². The first-order valence-corrected chi connectivity index (χ1v) is 6.80. The van der Waals surface area contributed by atoms with Crippen LogP contribution in [0.3, 0.4) is 0 Å². The quantitative estimate of drug-likeness (QED) is 0.788. The van der Waals surface area contributed by atoms with Crippen LogP contribution in [0.5, 0.6) is 0 Å². The molecule has 1 amide bonds. The molecular formula is C16H15N3O3. The molecule has 0 bridgehead atoms. The third-order valence-corrected chi connectivity index (χ3v) is 3.57. The fourth-order valence-corrected chi connectivity index (χ4v) is 2.36. The first-order valence-electron chi connectivity index (χ1n) is 6.80. The Labute approximate surface area is 126 Å². The molecule has 0 aliphatic heterocycles. The highest BCUT2D eigenvalue weighted by Crippen LogP contribution is 2.23. The number of hydrogen-bond donors (Lipinski definition) is 1. The molecule has 0 unspecified atom stereocenters. The number of fused-ring (bicyclic) bond motifs is 1. The first-order chi connectivity index (χ1) is 10.5. The van der Waals surface area contributed by atoms with E-state index in [1.807, 2.05) is 25.1 Å². The zero-order valence-corrected chi connectivity index (χ0v) is 12.5. The van der Waals surface area contributed by atoms with E-state index in [0.29, 0.717) is 11.4 Å². The molecule has 1 aromatic carbocycles. The van der Waals surface area contributed by atoms with Crippen molar-refractivity contribution in [1.29, 1.82) is 0 Å². The summed E-state index contributed by atoms with van der Waals surface area (Å²) in [4.78, 5) is 28.9. The maximum absolute atomic E-state index is 12.6. The van der Waals surface area contributed by atoms with Gasteiger partial charge in [0.2, 0.25) is 5.71 Å². The minimum Gasteiger partial charge on any atom is -0.442 e. The second-order valence-corrected chi connectivity index (χ2v) is 5.14. The lowest BCUT2D eigenvalue weighted by Crippen LogP contribution is -2.20. The minimum atomic E-state index is -0.379. The number of anilines is 1. The Morgan fingerprint density at radius 2 is 2.00 bits per heavy atom. The molecule has 6 nitrogen and oxygen atoms in total. The van der Waals surface area contributed by atoms with Crippen molar-refractivity contribution in [2.24, 2.45) is 7.05 Å². The number of aryl methyl sites for hydroxylation is 3. The van der Waals surface area contributed by atoms with Crippen LogP contribution in [0.1, 0.15) is 21.7 Å². The van der Waals surface area contributed by atoms with E-state index in [9.17, 15) is 9.59 Å². The van der Waals surface area contributed by atoms with Crippen molar-refractivity contribution in [3.8, 4) is 0 Å². The van der Waals surface area contributed by atoms with Crippen molar-refractivity contribution < 1.29 is 9.21 Å². The lowest BCUT2D eigenvalue weighted by atomic mass is 10.1. The highest BCUT2D eigenvalue weighted by atomic mass is 16.3. The Hall–Kier alpha value is -2.89. The summed E-state index contributed by atoms with van der Waals surface area (Å²) in [5.41, 5.74) is 1.73. The molecule has 2 aromatic heterocycles. The number of nitrogens with one attached hydrogen (secondary N) is 1. The number of amides is 1. The number of carbonyl (C=O) groups excluding carboxylic acids is 1. The van der Waals surface area contributed by atoms with E-state index in [2.05, 4.69) is 10.3 Å². The Kier molecular flexibility index (Phi) is 3.29. The molecule has 0 saturated carbocycles. The lowest BCUT2D eigenvalue weighted by molar-refractivity contribution is 0.102. The number of nitrogens with zero attached hydrogens (tertiary/aromatic N) is 2. The second kappa shape index (κ2) is 5.14. The van der Waals surface area contributed by atoms with Gasteiger partial charge in [0.05, 0.1) is 5.56 Å². The van der Waals surface area contributed by atoms with Crippen LogP contribution in [0.15, 0.2) is 39.8 Å². The summed E-state index contributed by atoms with van der Waals surface area (Å²) in [5, 5.41) is 3.02. The number of benzene rings is 1. The van der Waals surface area contributed by atoms with Crippen LogP contribution in [0.25, 0.3) is 11.1 Å². The fourth-order valence-electron chi connectivity index (χ4n) is 2.36. The number of aromatic nitrogens is 2. The molecule has 0 atom stereocenters. The van der Waals surface area contributed by atoms with Gasteiger partial charge in [-0.25, -0.2) is 4.98 Å². The van der Waals surface area contributed by atoms with Gasteiger partial charge in [-0.3, -0.25) is 9.59 Å². The van der Waals surface area contributed by atoms with E-state index in [1.54, 1.807) is 20.0 Å². The van der Waals surface area contributed by atoms with Crippen LogP contribution >= 0.6 is 0 Å². The minimum absolute atomic E-state index is 0.176. The van der Waals surface area contributed by atoms with E-state index >= 15 is 0 Å². The molecule has 0 aliphatic carbocycles. The summed E-state index contributed by atoms with van der Waals surface area (Å²) >= 11 is 0. The number of carbonyl (C=O) groups is 1. The smallest absolute Gasteiger partial charge is 0.265 e. The number of hydrogen-bond acceptors (Lipinski definition) is 4. The molecule has 112 valence electrons. The molecular weight excluding hydrogens is 282 g/mol. The first kappa shape index (κ1) is 14.1. The van der Waals surface area contributed by atoms with E-state index in [1.165, 1.54) is 10.9 Å². The summed E-state index contributed by atoms with van der Waals surface area (Å²) in [7, 11) is 1.58. The molecule has 0 spiro atoms. The third kappa shape index (κ3) is 2.18. The SMILES string of the molecule is Cc1ccccc1NC(=O)c1c(C)oc2ncn(C)c(=O)c12. The van der Waals surface area contributed by atoms with Gasteiger partial charge in [0.15, 0.2) is 0 Å². The van der Waals surface area contributed by atoms with Gasteiger partial charge in [0.1, 0.15) is 17.5 Å². The molecule has 0 radical (unpaired) electrons. The van der Waals surface area contributed by atoms with E-state index in [-0.39, 0.29) is 28.1 Å². The second-order valence-electron chi connectivity index (χ2n) is 5.14. The molecule has 6 heteroatoms.